The number of hydrogen-bond donors (Lipinski definition) is 1. The number of carbonyl (C=O) groups is 1. The lowest BCUT2D eigenvalue weighted by Gasteiger charge is -1.89. The Bertz CT molecular complexity index is 195. The topological polar surface area (TPSA) is 40.9 Å². The molecule has 1 aliphatic heterocycles. The maximum Gasteiger partial charge on any atom is 0.166 e. The lowest BCUT2D eigenvalue weighted by molar-refractivity contribution is -0.112. The van der Waals surface area contributed by atoms with Crippen molar-refractivity contribution in [3.8, 4) is 0 Å². The third-order valence-electron chi connectivity index (χ3n) is 1.05. The predicted octanol–water partition coefficient (Wildman–Crippen LogP) is 1.57. The van der Waals surface area contributed by atoms with Crippen LogP contribution in [0.3, 0.4) is 0 Å². The molecular weight excluding hydrogens is 134 g/mol. The van der Waals surface area contributed by atoms with Gasteiger partial charge in [-0.25, -0.2) is 0 Å². The summed E-state index contributed by atoms with van der Waals surface area (Å²) in [6.45, 7) is 1.53. The summed E-state index contributed by atoms with van der Waals surface area (Å²) in [4.78, 5) is 11.3. The van der Waals surface area contributed by atoms with Crippen LogP contribution >= 0.6 is 11.8 Å². The molecule has 1 heterocycles. The largest absolute Gasteiger partial charge is 0.298 e. The van der Waals surface area contributed by atoms with Crippen LogP contribution in [-0.2, 0) is 4.79 Å². The van der Waals surface area contributed by atoms with E-state index in [0.717, 1.165) is 4.91 Å². The van der Waals surface area contributed by atoms with E-state index in [9.17, 15) is 4.79 Å². The zero-order valence-electron chi connectivity index (χ0n) is 5.10. The molecule has 3 heteroatoms. The average molecular weight is 141 g/mol. The fraction of sp³-hybridized carbons (Fsp3) is 0.333. The lowest BCUT2D eigenvalue weighted by Crippen LogP contribution is -1.88. The van der Waals surface area contributed by atoms with Crippen molar-refractivity contribution in [3.63, 3.8) is 0 Å². The molecule has 0 radical (unpaired) electrons. The van der Waals surface area contributed by atoms with Gasteiger partial charge in [-0.2, -0.15) is 0 Å². The van der Waals surface area contributed by atoms with Crippen LogP contribution in [0, 0.1) is 5.41 Å². The summed E-state index contributed by atoms with van der Waals surface area (Å²) in [6.07, 6.45) is 2.44. The van der Waals surface area contributed by atoms with Gasteiger partial charge in [-0.1, -0.05) is 17.8 Å². The van der Waals surface area contributed by atoms with E-state index in [1.807, 2.05) is 0 Å². The highest BCUT2D eigenvalue weighted by Crippen LogP contribution is 2.26. The van der Waals surface area contributed by atoms with Crippen LogP contribution in [0.25, 0.3) is 0 Å². The summed E-state index contributed by atoms with van der Waals surface area (Å²) in [5.74, 6) is 0.0715. The molecule has 0 fully saturated rings. The Morgan fingerprint density at radius 3 is 2.78 bits per heavy atom. The van der Waals surface area contributed by atoms with Gasteiger partial charge in [0.25, 0.3) is 0 Å². The Balaban J connectivity index is 2.65. The SMILES string of the molecule is CC(=O)C1=CCC(=N)S1. The van der Waals surface area contributed by atoms with Crippen LogP contribution in [0.4, 0.5) is 0 Å². The number of nitrogens with one attached hydrogen (secondary N) is 1. The highest BCUT2D eigenvalue weighted by Gasteiger charge is 2.13. The molecule has 1 rings (SSSR count). The minimum Gasteiger partial charge on any atom is -0.298 e. The van der Waals surface area contributed by atoms with E-state index in [4.69, 9.17) is 5.41 Å². The fourth-order valence-corrected chi connectivity index (χ4v) is 1.36. The summed E-state index contributed by atoms with van der Waals surface area (Å²) in [5.41, 5.74) is 0. The van der Waals surface area contributed by atoms with Crippen molar-refractivity contribution in [1.29, 1.82) is 5.41 Å². The van der Waals surface area contributed by atoms with Crippen molar-refractivity contribution >= 4 is 22.6 Å². The summed E-state index contributed by atoms with van der Waals surface area (Å²) < 4.78 is 0. The maximum atomic E-state index is 10.6. The highest BCUT2D eigenvalue weighted by atomic mass is 32.2. The minimum atomic E-state index is 0.0715. The van der Waals surface area contributed by atoms with E-state index in [1.165, 1.54) is 18.7 Å². The third kappa shape index (κ3) is 1.42. The molecule has 1 aliphatic rings. The second-order valence-electron chi connectivity index (χ2n) is 1.85. The summed E-state index contributed by atoms with van der Waals surface area (Å²) in [7, 11) is 0. The van der Waals surface area contributed by atoms with E-state index in [1.54, 1.807) is 6.08 Å². The number of carbonyl (C=O) groups excluding carboxylic acids is 1. The highest BCUT2D eigenvalue weighted by molar-refractivity contribution is 8.18. The van der Waals surface area contributed by atoms with Crippen LogP contribution < -0.4 is 0 Å². The van der Waals surface area contributed by atoms with Crippen molar-refractivity contribution in [2.24, 2.45) is 0 Å². The molecule has 48 valence electrons. The number of thioether (sulfide) groups is 1. The van der Waals surface area contributed by atoms with Crippen molar-refractivity contribution in [2.75, 3.05) is 0 Å². The van der Waals surface area contributed by atoms with Crippen LogP contribution in [0.2, 0.25) is 0 Å². The lowest BCUT2D eigenvalue weighted by atomic mass is 10.3. The molecule has 0 unspecified atom stereocenters. The number of Topliss-reactive ketones (excluding diaryl/α,β-unsaturated/α-hetero) is 1. The van der Waals surface area contributed by atoms with E-state index >= 15 is 0 Å². The maximum absolute atomic E-state index is 10.6. The molecule has 0 spiro atoms. The zero-order valence-corrected chi connectivity index (χ0v) is 5.92. The molecule has 0 saturated heterocycles. The smallest absolute Gasteiger partial charge is 0.166 e. The van der Waals surface area contributed by atoms with Crippen LogP contribution in [0.15, 0.2) is 11.0 Å². The normalized spacial score (nSPS) is 17.9. The van der Waals surface area contributed by atoms with Crippen LogP contribution in [0.5, 0.6) is 0 Å². The molecule has 0 aromatic heterocycles. The Labute approximate surface area is 57.8 Å². The first kappa shape index (κ1) is 6.55. The van der Waals surface area contributed by atoms with Gasteiger partial charge in [0.15, 0.2) is 5.78 Å². The Kier molecular flexibility index (Phi) is 1.71. The first-order valence-corrected chi connectivity index (χ1v) is 3.48. The zero-order chi connectivity index (χ0) is 6.85. The number of hydrogen-bond acceptors (Lipinski definition) is 3. The minimum absolute atomic E-state index is 0.0715. The second-order valence-corrected chi connectivity index (χ2v) is 2.99. The van der Waals surface area contributed by atoms with Crippen molar-refractivity contribution in [2.45, 2.75) is 13.3 Å². The van der Waals surface area contributed by atoms with Crippen molar-refractivity contribution < 1.29 is 4.79 Å². The molecule has 0 saturated carbocycles. The van der Waals surface area contributed by atoms with Gasteiger partial charge in [-0.15, -0.1) is 0 Å². The van der Waals surface area contributed by atoms with E-state index in [2.05, 4.69) is 0 Å². The molecule has 0 aliphatic carbocycles. The number of ketones is 1. The summed E-state index contributed by atoms with van der Waals surface area (Å²) in [6, 6.07) is 0. The van der Waals surface area contributed by atoms with Gasteiger partial charge >= 0.3 is 0 Å². The Morgan fingerprint density at radius 1 is 1.89 bits per heavy atom. The second kappa shape index (κ2) is 2.35. The molecule has 0 amide bonds. The molecule has 0 aromatic rings. The first-order chi connectivity index (χ1) is 4.20. The van der Waals surface area contributed by atoms with Gasteiger partial charge in [-0.3, -0.25) is 10.2 Å². The molecular formula is C6H7NOS. The summed E-state index contributed by atoms with van der Waals surface area (Å²) >= 11 is 1.27. The summed E-state index contributed by atoms with van der Waals surface area (Å²) in [5, 5.41) is 7.70. The van der Waals surface area contributed by atoms with Gasteiger partial charge in [0.05, 0.1) is 9.95 Å². The van der Waals surface area contributed by atoms with Crippen molar-refractivity contribution in [3.05, 3.63) is 11.0 Å². The van der Waals surface area contributed by atoms with Gasteiger partial charge < -0.3 is 0 Å². The third-order valence-corrected chi connectivity index (χ3v) is 2.14. The molecule has 1 N–H and O–H groups in total. The number of rotatable bonds is 1. The van der Waals surface area contributed by atoms with Crippen molar-refractivity contribution in [1.82, 2.24) is 0 Å². The quantitative estimate of drug-likeness (QED) is 0.602. The van der Waals surface area contributed by atoms with Gasteiger partial charge in [0, 0.05) is 6.42 Å². The van der Waals surface area contributed by atoms with Gasteiger partial charge in [-0.05, 0) is 6.92 Å². The molecule has 2 nitrogen and oxygen atoms in total. The molecule has 0 bridgehead atoms. The number of allylic oxidation sites excluding steroid dienone is 2. The average Bonchev–Trinajstić information content (AvgIpc) is 2.14. The van der Waals surface area contributed by atoms with Gasteiger partial charge in [0.2, 0.25) is 0 Å². The first-order valence-electron chi connectivity index (χ1n) is 2.66. The Hall–Kier alpha value is -0.570. The molecule has 0 atom stereocenters. The predicted molar refractivity (Wildman–Crippen MR) is 38.7 cm³/mol. The van der Waals surface area contributed by atoms with E-state index in [-0.39, 0.29) is 5.78 Å². The Morgan fingerprint density at radius 2 is 2.56 bits per heavy atom. The van der Waals surface area contributed by atoms with Crippen LogP contribution in [0.1, 0.15) is 13.3 Å². The monoisotopic (exact) mass is 141 g/mol. The van der Waals surface area contributed by atoms with E-state index in [0.29, 0.717) is 11.5 Å². The van der Waals surface area contributed by atoms with E-state index < -0.39 is 0 Å². The van der Waals surface area contributed by atoms with Crippen LogP contribution in [-0.4, -0.2) is 10.8 Å². The van der Waals surface area contributed by atoms with Gasteiger partial charge in [0.1, 0.15) is 0 Å². The fourth-order valence-electron chi connectivity index (χ4n) is 0.617. The standard InChI is InChI=1S/C6H7NOS/c1-4(8)5-2-3-6(7)9-5/h2,7H,3H2,1H3. The molecule has 0 aromatic carbocycles. The molecule has 9 heavy (non-hydrogen) atoms.